The third-order valence-corrected chi connectivity index (χ3v) is 3.53. The zero-order valence-corrected chi connectivity index (χ0v) is 13.0. The Hall–Kier alpha value is -1.36. The SMILES string of the molecule is CC(C)OC(=O)c1ccc(-c2ccccc2)cc1I. The highest BCUT2D eigenvalue weighted by Crippen LogP contribution is 2.24. The van der Waals surface area contributed by atoms with E-state index in [-0.39, 0.29) is 12.1 Å². The van der Waals surface area contributed by atoms with Gasteiger partial charge in [0.2, 0.25) is 0 Å². The van der Waals surface area contributed by atoms with Gasteiger partial charge in [0.1, 0.15) is 0 Å². The van der Waals surface area contributed by atoms with E-state index in [1.54, 1.807) is 0 Å². The van der Waals surface area contributed by atoms with Gasteiger partial charge in [-0.3, -0.25) is 0 Å². The predicted octanol–water partition coefficient (Wildman–Crippen LogP) is 4.52. The van der Waals surface area contributed by atoms with Crippen LogP contribution >= 0.6 is 22.6 Å². The average Bonchev–Trinajstić information content (AvgIpc) is 2.38. The Labute approximate surface area is 126 Å². The van der Waals surface area contributed by atoms with E-state index in [0.29, 0.717) is 5.56 Å². The van der Waals surface area contributed by atoms with Crippen molar-refractivity contribution in [2.75, 3.05) is 0 Å². The van der Waals surface area contributed by atoms with E-state index in [0.717, 1.165) is 14.7 Å². The Morgan fingerprint density at radius 3 is 2.32 bits per heavy atom. The van der Waals surface area contributed by atoms with Crippen molar-refractivity contribution in [3.05, 3.63) is 57.7 Å². The van der Waals surface area contributed by atoms with Crippen LogP contribution in [0.25, 0.3) is 11.1 Å². The second-order valence-corrected chi connectivity index (χ2v) is 5.68. The van der Waals surface area contributed by atoms with Crippen LogP contribution in [-0.4, -0.2) is 12.1 Å². The highest BCUT2D eigenvalue weighted by molar-refractivity contribution is 14.1. The fourth-order valence-electron chi connectivity index (χ4n) is 1.77. The van der Waals surface area contributed by atoms with E-state index in [2.05, 4.69) is 34.7 Å². The number of benzene rings is 2. The molecule has 0 unspecified atom stereocenters. The summed E-state index contributed by atoms with van der Waals surface area (Å²) in [7, 11) is 0. The van der Waals surface area contributed by atoms with E-state index in [1.165, 1.54) is 0 Å². The number of carbonyl (C=O) groups excluding carboxylic acids is 1. The minimum absolute atomic E-state index is 0.0999. The maximum atomic E-state index is 11.9. The first-order valence-corrected chi connectivity index (χ1v) is 7.22. The number of halogens is 1. The van der Waals surface area contributed by atoms with Gasteiger partial charge in [0.05, 0.1) is 11.7 Å². The summed E-state index contributed by atoms with van der Waals surface area (Å²) in [6.07, 6.45) is -0.0999. The largest absolute Gasteiger partial charge is 0.459 e. The van der Waals surface area contributed by atoms with Crippen LogP contribution in [0.15, 0.2) is 48.5 Å². The summed E-state index contributed by atoms with van der Waals surface area (Å²) >= 11 is 2.17. The molecule has 2 nitrogen and oxygen atoms in total. The fourth-order valence-corrected chi connectivity index (χ4v) is 2.50. The summed E-state index contributed by atoms with van der Waals surface area (Å²) in [6.45, 7) is 3.70. The van der Waals surface area contributed by atoms with Crippen molar-refractivity contribution in [3.63, 3.8) is 0 Å². The monoisotopic (exact) mass is 366 g/mol. The lowest BCUT2D eigenvalue weighted by Gasteiger charge is -2.10. The first kappa shape index (κ1) is 14.1. The van der Waals surface area contributed by atoms with Crippen LogP contribution in [0.2, 0.25) is 0 Å². The topological polar surface area (TPSA) is 26.3 Å². The Kier molecular flexibility index (Phi) is 4.58. The fraction of sp³-hybridized carbons (Fsp3) is 0.188. The van der Waals surface area contributed by atoms with Crippen LogP contribution in [0.4, 0.5) is 0 Å². The second kappa shape index (κ2) is 6.19. The Balaban J connectivity index is 2.30. The highest BCUT2D eigenvalue weighted by Gasteiger charge is 2.13. The molecule has 0 fully saturated rings. The molecular formula is C16H15IO2. The number of carbonyl (C=O) groups is 1. The van der Waals surface area contributed by atoms with E-state index >= 15 is 0 Å². The molecule has 19 heavy (non-hydrogen) atoms. The molecule has 0 aromatic heterocycles. The zero-order chi connectivity index (χ0) is 13.8. The maximum Gasteiger partial charge on any atom is 0.339 e. The van der Waals surface area contributed by atoms with Crippen molar-refractivity contribution in [3.8, 4) is 11.1 Å². The third kappa shape index (κ3) is 3.56. The molecule has 0 amide bonds. The first-order valence-electron chi connectivity index (χ1n) is 6.14. The third-order valence-electron chi connectivity index (χ3n) is 2.64. The summed E-state index contributed by atoms with van der Waals surface area (Å²) in [5.74, 6) is -0.265. The van der Waals surface area contributed by atoms with Crippen LogP contribution in [-0.2, 0) is 4.74 Å². The molecule has 0 spiro atoms. The molecule has 2 aromatic carbocycles. The van der Waals surface area contributed by atoms with Crippen molar-refractivity contribution in [1.29, 1.82) is 0 Å². The average molecular weight is 366 g/mol. The molecule has 0 bridgehead atoms. The van der Waals surface area contributed by atoms with Crippen LogP contribution in [0, 0.1) is 3.57 Å². The minimum Gasteiger partial charge on any atom is -0.459 e. The molecule has 0 saturated carbocycles. The quantitative estimate of drug-likeness (QED) is 0.590. The van der Waals surface area contributed by atoms with Crippen molar-refractivity contribution in [2.24, 2.45) is 0 Å². The summed E-state index contributed by atoms with van der Waals surface area (Å²) in [5.41, 5.74) is 2.87. The number of hydrogen-bond acceptors (Lipinski definition) is 2. The number of ether oxygens (including phenoxy) is 1. The molecule has 0 N–H and O–H groups in total. The molecule has 0 heterocycles. The van der Waals surface area contributed by atoms with Gasteiger partial charge in [-0.1, -0.05) is 36.4 Å². The van der Waals surface area contributed by atoms with Crippen LogP contribution in [0.1, 0.15) is 24.2 Å². The molecule has 0 radical (unpaired) electrons. The van der Waals surface area contributed by atoms with Gasteiger partial charge in [-0.15, -0.1) is 0 Å². The normalized spacial score (nSPS) is 10.5. The minimum atomic E-state index is -0.265. The van der Waals surface area contributed by atoms with Crippen molar-refractivity contribution in [1.82, 2.24) is 0 Å². The standard InChI is InChI=1S/C16H15IO2/c1-11(2)19-16(18)14-9-8-13(10-15(14)17)12-6-4-3-5-7-12/h3-11H,1-2H3. The van der Waals surface area contributed by atoms with Gasteiger partial charge in [0.25, 0.3) is 0 Å². The van der Waals surface area contributed by atoms with Crippen LogP contribution in [0.3, 0.4) is 0 Å². The van der Waals surface area contributed by atoms with Gasteiger partial charge in [-0.2, -0.15) is 0 Å². The first-order chi connectivity index (χ1) is 9.08. The highest BCUT2D eigenvalue weighted by atomic mass is 127. The lowest BCUT2D eigenvalue weighted by Crippen LogP contribution is -2.12. The smallest absolute Gasteiger partial charge is 0.339 e. The van der Waals surface area contributed by atoms with E-state index in [4.69, 9.17) is 4.74 Å². The molecule has 0 aliphatic carbocycles. The number of esters is 1. The van der Waals surface area contributed by atoms with Crippen LogP contribution in [0.5, 0.6) is 0 Å². The van der Waals surface area contributed by atoms with Crippen molar-refractivity contribution >= 4 is 28.6 Å². The van der Waals surface area contributed by atoms with E-state index < -0.39 is 0 Å². The number of hydrogen-bond donors (Lipinski definition) is 0. The Morgan fingerprint density at radius 1 is 1.05 bits per heavy atom. The Morgan fingerprint density at radius 2 is 1.74 bits per heavy atom. The summed E-state index contributed by atoms with van der Waals surface area (Å²) in [5, 5.41) is 0. The maximum absolute atomic E-state index is 11.9. The Bertz CT molecular complexity index is 577. The lowest BCUT2D eigenvalue weighted by molar-refractivity contribution is 0.0376. The zero-order valence-electron chi connectivity index (χ0n) is 10.9. The second-order valence-electron chi connectivity index (χ2n) is 4.51. The van der Waals surface area contributed by atoms with Crippen molar-refractivity contribution in [2.45, 2.75) is 20.0 Å². The molecule has 3 heteroatoms. The molecule has 2 rings (SSSR count). The van der Waals surface area contributed by atoms with E-state index in [1.807, 2.05) is 50.2 Å². The molecular weight excluding hydrogens is 351 g/mol. The predicted molar refractivity (Wildman–Crippen MR) is 85.1 cm³/mol. The molecule has 2 aromatic rings. The molecule has 0 atom stereocenters. The van der Waals surface area contributed by atoms with Gasteiger partial charge in [-0.25, -0.2) is 4.79 Å². The van der Waals surface area contributed by atoms with Gasteiger partial charge in [0.15, 0.2) is 0 Å². The van der Waals surface area contributed by atoms with Gasteiger partial charge >= 0.3 is 5.97 Å². The molecule has 0 aliphatic rings. The summed E-state index contributed by atoms with van der Waals surface area (Å²) in [6, 6.07) is 15.9. The summed E-state index contributed by atoms with van der Waals surface area (Å²) in [4.78, 5) is 11.9. The molecule has 98 valence electrons. The van der Waals surface area contributed by atoms with Gasteiger partial charge < -0.3 is 4.74 Å². The van der Waals surface area contributed by atoms with Gasteiger partial charge in [-0.05, 0) is 59.7 Å². The summed E-state index contributed by atoms with van der Waals surface area (Å²) < 4.78 is 6.13. The van der Waals surface area contributed by atoms with Gasteiger partial charge in [0, 0.05) is 3.57 Å². The lowest BCUT2D eigenvalue weighted by atomic mass is 10.0. The number of rotatable bonds is 3. The van der Waals surface area contributed by atoms with Crippen molar-refractivity contribution < 1.29 is 9.53 Å². The van der Waals surface area contributed by atoms with E-state index in [9.17, 15) is 4.79 Å². The molecule has 0 aliphatic heterocycles. The molecule has 0 saturated heterocycles. The van der Waals surface area contributed by atoms with Crippen LogP contribution < -0.4 is 0 Å².